The van der Waals surface area contributed by atoms with Crippen LogP contribution >= 0.6 is 11.9 Å². The highest BCUT2D eigenvalue weighted by Crippen LogP contribution is 2.34. The van der Waals surface area contributed by atoms with Crippen LogP contribution in [0.1, 0.15) is 29.5 Å². The molecule has 1 aromatic heterocycles. The van der Waals surface area contributed by atoms with Gasteiger partial charge in [-0.05, 0) is 73.2 Å². The molecular weight excluding hydrogens is 428 g/mol. The van der Waals surface area contributed by atoms with Crippen molar-refractivity contribution in [1.82, 2.24) is 9.62 Å². The summed E-state index contributed by atoms with van der Waals surface area (Å²) >= 11 is 1.75. The van der Waals surface area contributed by atoms with Gasteiger partial charge in [-0.1, -0.05) is 54.1 Å². The molecule has 0 bridgehead atoms. The molecule has 0 radical (unpaired) electrons. The molecule has 170 valence electrons. The van der Waals surface area contributed by atoms with Gasteiger partial charge in [-0.3, -0.25) is 0 Å². The highest BCUT2D eigenvalue weighted by molar-refractivity contribution is 7.96. The summed E-state index contributed by atoms with van der Waals surface area (Å²) in [7, 11) is 0. The molecule has 5 heteroatoms. The first kappa shape index (κ1) is 22.1. The number of ether oxygens (including phenoxy) is 1. The zero-order chi connectivity index (χ0) is 22.5. The van der Waals surface area contributed by atoms with Gasteiger partial charge < -0.3 is 14.5 Å². The molecule has 0 saturated carbocycles. The van der Waals surface area contributed by atoms with Crippen molar-refractivity contribution in [2.75, 3.05) is 13.1 Å². The van der Waals surface area contributed by atoms with Crippen LogP contribution in [0.15, 0.2) is 88.4 Å². The Balaban J connectivity index is 1.12. The molecule has 1 aliphatic heterocycles. The number of benzene rings is 3. The molecule has 1 saturated heterocycles. The molecule has 0 spiro atoms. The minimum Gasteiger partial charge on any atom is -0.489 e. The molecule has 1 aliphatic rings. The molecule has 4 aromatic rings. The van der Waals surface area contributed by atoms with Crippen molar-refractivity contribution in [1.29, 1.82) is 0 Å². The van der Waals surface area contributed by atoms with Crippen molar-refractivity contribution in [2.24, 2.45) is 0 Å². The van der Waals surface area contributed by atoms with Crippen LogP contribution in [0.3, 0.4) is 0 Å². The Bertz CT molecular complexity index is 1190. The largest absolute Gasteiger partial charge is 0.489 e. The monoisotopic (exact) mass is 458 g/mol. The molecule has 1 fully saturated rings. The van der Waals surface area contributed by atoms with Gasteiger partial charge in [0.05, 0.1) is 0 Å². The molecule has 4 nitrogen and oxygen atoms in total. The fourth-order valence-electron chi connectivity index (χ4n) is 4.30. The zero-order valence-corrected chi connectivity index (χ0v) is 19.8. The summed E-state index contributed by atoms with van der Waals surface area (Å²) in [5.74, 6) is 0.913. The molecule has 3 aromatic carbocycles. The number of furan rings is 1. The standard InChI is InChI=1S/C28H30N2O2S/c1-21-12-13-27-24(15-21)17-28(32-27)33-30-14-6-10-25(30)19-29-18-23-9-5-11-26(16-23)31-20-22-7-3-2-4-8-22/h2-5,7-9,11-13,15-17,25,29H,6,10,14,18-20H2,1H3. The third-order valence-electron chi connectivity index (χ3n) is 6.04. The van der Waals surface area contributed by atoms with E-state index in [0.29, 0.717) is 12.6 Å². The predicted molar refractivity (Wildman–Crippen MR) is 135 cm³/mol. The maximum absolute atomic E-state index is 6.06. The first-order chi connectivity index (χ1) is 16.2. The summed E-state index contributed by atoms with van der Waals surface area (Å²) in [6.07, 6.45) is 2.43. The minimum absolute atomic E-state index is 0.502. The summed E-state index contributed by atoms with van der Waals surface area (Å²) in [5, 5.41) is 5.81. The van der Waals surface area contributed by atoms with Crippen molar-refractivity contribution >= 4 is 22.9 Å². The SMILES string of the molecule is Cc1ccc2oc(SN3CCCC3CNCc3cccc(OCc4ccccc4)c3)cc2c1. The average molecular weight is 459 g/mol. The lowest BCUT2D eigenvalue weighted by Crippen LogP contribution is -2.33. The number of fused-ring (bicyclic) bond motifs is 1. The highest BCUT2D eigenvalue weighted by atomic mass is 32.2. The third kappa shape index (κ3) is 5.80. The topological polar surface area (TPSA) is 37.6 Å². The van der Waals surface area contributed by atoms with Crippen LogP contribution < -0.4 is 10.1 Å². The van der Waals surface area contributed by atoms with Gasteiger partial charge in [0, 0.05) is 31.1 Å². The average Bonchev–Trinajstić information content (AvgIpc) is 3.45. The van der Waals surface area contributed by atoms with Crippen LogP contribution in [0.4, 0.5) is 0 Å². The second-order valence-electron chi connectivity index (χ2n) is 8.69. The molecular formula is C28H30N2O2S. The van der Waals surface area contributed by atoms with Crippen molar-refractivity contribution in [3.05, 3.63) is 95.6 Å². The number of rotatable bonds is 9. The van der Waals surface area contributed by atoms with E-state index in [0.717, 1.165) is 36.1 Å². The first-order valence-corrected chi connectivity index (χ1v) is 12.4. The molecule has 1 N–H and O–H groups in total. The number of hydrogen-bond acceptors (Lipinski definition) is 5. The van der Waals surface area contributed by atoms with Gasteiger partial charge in [0.25, 0.3) is 0 Å². The van der Waals surface area contributed by atoms with Crippen LogP contribution in [0.25, 0.3) is 11.0 Å². The Morgan fingerprint density at radius 1 is 1.00 bits per heavy atom. The molecule has 1 atom stereocenters. The Morgan fingerprint density at radius 2 is 1.88 bits per heavy atom. The lowest BCUT2D eigenvalue weighted by molar-refractivity contribution is 0.306. The quantitative estimate of drug-likeness (QED) is 0.287. The van der Waals surface area contributed by atoms with Crippen molar-refractivity contribution < 1.29 is 9.15 Å². The number of hydrogen-bond donors (Lipinski definition) is 1. The number of aryl methyl sites for hydroxylation is 1. The normalized spacial score (nSPS) is 16.5. The Labute approximate surface area is 200 Å². The Kier molecular flexibility index (Phi) is 7.01. The van der Waals surface area contributed by atoms with E-state index in [9.17, 15) is 0 Å². The predicted octanol–water partition coefficient (Wildman–Crippen LogP) is 6.58. The van der Waals surface area contributed by atoms with Gasteiger partial charge in [0.1, 0.15) is 17.9 Å². The number of nitrogens with one attached hydrogen (secondary N) is 1. The van der Waals surface area contributed by atoms with Crippen LogP contribution in [-0.4, -0.2) is 23.4 Å². The van der Waals surface area contributed by atoms with E-state index in [1.165, 1.54) is 34.9 Å². The van der Waals surface area contributed by atoms with Gasteiger partial charge in [0.2, 0.25) is 0 Å². The van der Waals surface area contributed by atoms with Crippen molar-refractivity contribution in [3.8, 4) is 5.75 Å². The molecule has 0 aliphatic carbocycles. The second-order valence-corrected chi connectivity index (χ2v) is 9.74. The van der Waals surface area contributed by atoms with Gasteiger partial charge in [-0.25, -0.2) is 4.31 Å². The minimum atomic E-state index is 0.502. The van der Waals surface area contributed by atoms with Crippen molar-refractivity contribution in [2.45, 2.75) is 44.1 Å². The fourth-order valence-corrected chi connectivity index (χ4v) is 5.39. The molecule has 1 unspecified atom stereocenters. The Morgan fingerprint density at radius 3 is 2.79 bits per heavy atom. The Hall–Kier alpha value is -2.73. The lowest BCUT2D eigenvalue weighted by Gasteiger charge is -2.22. The zero-order valence-electron chi connectivity index (χ0n) is 19.0. The van der Waals surface area contributed by atoms with Gasteiger partial charge in [-0.2, -0.15) is 0 Å². The molecule has 33 heavy (non-hydrogen) atoms. The van der Waals surface area contributed by atoms with Gasteiger partial charge in [-0.15, -0.1) is 0 Å². The lowest BCUT2D eigenvalue weighted by atomic mass is 10.2. The van der Waals surface area contributed by atoms with Crippen LogP contribution in [-0.2, 0) is 13.2 Å². The fraction of sp³-hybridized carbons (Fsp3) is 0.286. The van der Waals surface area contributed by atoms with Gasteiger partial charge in [0.15, 0.2) is 5.09 Å². The summed E-state index contributed by atoms with van der Waals surface area (Å²) in [5.41, 5.74) is 4.65. The highest BCUT2D eigenvalue weighted by Gasteiger charge is 2.26. The van der Waals surface area contributed by atoms with E-state index in [-0.39, 0.29) is 0 Å². The maximum atomic E-state index is 6.06. The molecule has 5 rings (SSSR count). The molecule has 0 amide bonds. The van der Waals surface area contributed by atoms with Crippen LogP contribution in [0, 0.1) is 6.92 Å². The van der Waals surface area contributed by atoms with E-state index in [1.54, 1.807) is 11.9 Å². The van der Waals surface area contributed by atoms with Crippen molar-refractivity contribution in [3.63, 3.8) is 0 Å². The van der Waals surface area contributed by atoms with E-state index >= 15 is 0 Å². The summed E-state index contributed by atoms with van der Waals surface area (Å²) in [6, 6.07) is 27.7. The van der Waals surface area contributed by atoms with Gasteiger partial charge >= 0.3 is 0 Å². The maximum Gasteiger partial charge on any atom is 0.176 e. The van der Waals surface area contributed by atoms with Crippen LogP contribution in [0.2, 0.25) is 0 Å². The van der Waals surface area contributed by atoms with E-state index < -0.39 is 0 Å². The van der Waals surface area contributed by atoms with E-state index in [4.69, 9.17) is 9.15 Å². The van der Waals surface area contributed by atoms with E-state index in [2.05, 4.69) is 71.1 Å². The van der Waals surface area contributed by atoms with Crippen LogP contribution in [0.5, 0.6) is 5.75 Å². The number of nitrogens with zero attached hydrogens (tertiary/aromatic N) is 1. The smallest absolute Gasteiger partial charge is 0.176 e. The summed E-state index contributed by atoms with van der Waals surface area (Å²) in [4.78, 5) is 0. The van der Waals surface area contributed by atoms with E-state index in [1.807, 2.05) is 24.3 Å². The third-order valence-corrected chi connectivity index (χ3v) is 7.13. The summed E-state index contributed by atoms with van der Waals surface area (Å²) < 4.78 is 14.5. The summed E-state index contributed by atoms with van der Waals surface area (Å²) in [6.45, 7) is 5.60. The second kappa shape index (κ2) is 10.5. The molecule has 2 heterocycles. The first-order valence-electron chi connectivity index (χ1n) is 11.6.